The van der Waals surface area contributed by atoms with Crippen LogP contribution in [-0.4, -0.2) is 45.3 Å². The number of carbonyl (C=O) groups excluding carboxylic acids is 1. The first-order chi connectivity index (χ1) is 13.3. The van der Waals surface area contributed by atoms with Crippen LogP contribution >= 0.6 is 0 Å². The first-order valence-electron chi connectivity index (χ1n) is 10.2. The highest BCUT2D eigenvalue weighted by Crippen LogP contribution is 2.44. The highest BCUT2D eigenvalue weighted by molar-refractivity contribution is 5.95. The first-order valence-corrected chi connectivity index (χ1v) is 10.2. The predicted octanol–water partition coefficient (Wildman–Crippen LogP) is 3.87. The number of benzene rings is 1. The van der Waals surface area contributed by atoms with E-state index >= 15 is 0 Å². The van der Waals surface area contributed by atoms with E-state index in [0.29, 0.717) is 17.5 Å². The smallest absolute Gasteiger partial charge is 0.257 e. The number of rotatable bonds is 3. The van der Waals surface area contributed by atoms with E-state index in [9.17, 15) is 9.18 Å². The number of likely N-dealkylation sites (tertiary alicyclic amines) is 1. The number of hydrogen-bond donors (Lipinski definition) is 0. The van der Waals surface area contributed by atoms with Gasteiger partial charge >= 0.3 is 0 Å². The number of halogens is 1. The molecule has 0 saturated carbocycles. The highest BCUT2D eigenvalue weighted by Gasteiger charge is 2.48. The van der Waals surface area contributed by atoms with Gasteiger partial charge in [-0.25, -0.2) is 4.39 Å². The second-order valence-electron chi connectivity index (χ2n) is 8.71. The molecule has 0 unspecified atom stereocenters. The molecule has 150 valence electrons. The van der Waals surface area contributed by atoms with E-state index in [1.165, 1.54) is 12.1 Å². The van der Waals surface area contributed by atoms with Gasteiger partial charge in [0.1, 0.15) is 5.82 Å². The fourth-order valence-corrected chi connectivity index (χ4v) is 5.14. The molecule has 2 fully saturated rings. The van der Waals surface area contributed by atoms with Gasteiger partial charge in [0.25, 0.3) is 5.91 Å². The van der Waals surface area contributed by atoms with Gasteiger partial charge in [-0.3, -0.25) is 9.48 Å². The second-order valence-corrected chi connectivity index (χ2v) is 8.71. The summed E-state index contributed by atoms with van der Waals surface area (Å²) in [5.74, 6) is 0.300. The van der Waals surface area contributed by atoms with Crippen LogP contribution in [0.15, 0.2) is 30.5 Å². The molecule has 2 atom stereocenters. The predicted molar refractivity (Wildman–Crippen MR) is 108 cm³/mol. The average Bonchev–Trinajstić information content (AvgIpc) is 3.16. The number of fused-ring (bicyclic) bond motifs is 1. The van der Waals surface area contributed by atoms with Gasteiger partial charge in [-0.1, -0.05) is 0 Å². The lowest BCUT2D eigenvalue weighted by atomic mass is 9.89. The lowest BCUT2D eigenvalue weighted by Crippen LogP contribution is -2.50. The Balaban J connectivity index is 1.54. The summed E-state index contributed by atoms with van der Waals surface area (Å²) < 4.78 is 15.2. The minimum atomic E-state index is -0.208. The van der Waals surface area contributed by atoms with Crippen LogP contribution in [0.4, 0.5) is 10.1 Å². The van der Waals surface area contributed by atoms with Crippen molar-refractivity contribution in [3.05, 3.63) is 47.5 Å². The maximum Gasteiger partial charge on any atom is 0.257 e. The van der Waals surface area contributed by atoms with Crippen molar-refractivity contribution in [2.24, 2.45) is 5.92 Å². The van der Waals surface area contributed by atoms with E-state index in [1.807, 2.05) is 41.8 Å². The van der Waals surface area contributed by atoms with Crippen LogP contribution in [0.1, 0.15) is 49.7 Å². The van der Waals surface area contributed by atoms with Crippen molar-refractivity contribution in [1.29, 1.82) is 0 Å². The van der Waals surface area contributed by atoms with Crippen molar-refractivity contribution in [1.82, 2.24) is 14.7 Å². The van der Waals surface area contributed by atoms with Gasteiger partial charge in [0.15, 0.2) is 0 Å². The Hall–Kier alpha value is -2.37. The Kier molecular flexibility index (Phi) is 4.68. The molecule has 0 bridgehead atoms. The fraction of sp³-hybridized carbons (Fsp3) is 0.545. The van der Waals surface area contributed by atoms with Gasteiger partial charge in [-0.2, -0.15) is 5.10 Å². The molecular weight excluding hydrogens is 355 g/mol. The number of amides is 1. The van der Waals surface area contributed by atoms with Crippen molar-refractivity contribution < 1.29 is 9.18 Å². The fourth-order valence-electron chi connectivity index (χ4n) is 5.14. The van der Waals surface area contributed by atoms with Crippen LogP contribution in [-0.2, 0) is 6.54 Å². The summed E-state index contributed by atoms with van der Waals surface area (Å²) in [7, 11) is 0. The van der Waals surface area contributed by atoms with Gasteiger partial charge < -0.3 is 9.80 Å². The lowest BCUT2D eigenvalue weighted by molar-refractivity contribution is 0.0666. The third-order valence-corrected chi connectivity index (χ3v) is 6.33. The molecular formula is C22H29FN4O. The summed E-state index contributed by atoms with van der Waals surface area (Å²) in [6, 6.07) is 7.19. The molecule has 2 aliphatic heterocycles. The molecule has 0 aliphatic carbocycles. The van der Waals surface area contributed by atoms with E-state index in [-0.39, 0.29) is 17.3 Å². The molecule has 0 spiro atoms. The SMILES string of the molecule is CCn1cc(C(=O)N2CC[C@H]3[C@@H](C2)CC(C)(C)N3c2ccc(F)cc2)c(C)n1. The van der Waals surface area contributed by atoms with E-state index in [2.05, 4.69) is 23.8 Å². The molecule has 1 aromatic carbocycles. The van der Waals surface area contributed by atoms with Crippen molar-refractivity contribution in [3.8, 4) is 0 Å². The van der Waals surface area contributed by atoms with Gasteiger partial charge in [0.2, 0.25) is 0 Å². The zero-order chi connectivity index (χ0) is 20.1. The van der Waals surface area contributed by atoms with Gasteiger partial charge in [0.05, 0.1) is 11.3 Å². The average molecular weight is 384 g/mol. The van der Waals surface area contributed by atoms with Crippen LogP contribution in [0.2, 0.25) is 0 Å². The molecule has 6 heteroatoms. The van der Waals surface area contributed by atoms with E-state index in [4.69, 9.17) is 0 Å². The van der Waals surface area contributed by atoms with Crippen LogP contribution in [0.5, 0.6) is 0 Å². The Morgan fingerprint density at radius 2 is 2.00 bits per heavy atom. The Labute approximate surface area is 166 Å². The van der Waals surface area contributed by atoms with E-state index < -0.39 is 0 Å². The number of piperidine rings is 1. The minimum absolute atomic E-state index is 0.0186. The van der Waals surface area contributed by atoms with Crippen LogP contribution < -0.4 is 4.90 Å². The van der Waals surface area contributed by atoms with Crippen molar-refractivity contribution in [3.63, 3.8) is 0 Å². The van der Waals surface area contributed by atoms with Crippen molar-refractivity contribution >= 4 is 11.6 Å². The summed E-state index contributed by atoms with van der Waals surface area (Å²) >= 11 is 0. The normalized spacial score (nSPS) is 23.8. The maximum absolute atomic E-state index is 13.4. The van der Waals surface area contributed by atoms with Gasteiger partial charge in [-0.05, 0) is 70.7 Å². The third-order valence-electron chi connectivity index (χ3n) is 6.33. The molecule has 5 nitrogen and oxygen atoms in total. The zero-order valence-corrected chi connectivity index (χ0v) is 17.2. The highest BCUT2D eigenvalue weighted by atomic mass is 19.1. The summed E-state index contributed by atoms with van der Waals surface area (Å²) in [5, 5.41) is 4.42. The van der Waals surface area contributed by atoms with E-state index in [1.54, 1.807) is 0 Å². The van der Waals surface area contributed by atoms with Crippen LogP contribution in [0, 0.1) is 18.7 Å². The topological polar surface area (TPSA) is 41.4 Å². The number of hydrogen-bond acceptors (Lipinski definition) is 3. The molecule has 1 aromatic heterocycles. The standard InChI is InChI=1S/C22H29FN4O/c1-5-26-14-19(15(2)24-26)21(28)25-11-10-20-16(13-25)12-22(3,4)27(20)18-8-6-17(23)7-9-18/h6-9,14,16,20H,5,10-13H2,1-4H3/t16-,20+/m1/s1. The van der Waals surface area contributed by atoms with Crippen LogP contribution in [0.25, 0.3) is 0 Å². The molecule has 2 saturated heterocycles. The molecule has 28 heavy (non-hydrogen) atoms. The summed E-state index contributed by atoms with van der Waals surface area (Å²) in [6.45, 7) is 10.7. The molecule has 0 radical (unpaired) electrons. The van der Waals surface area contributed by atoms with Gasteiger partial charge in [-0.15, -0.1) is 0 Å². The number of aryl methyl sites for hydroxylation is 2. The summed E-state index contributed by atoms with van der Waals surface area (Å²) in [5.41, 5.74) is 2.57. The van der Waals surface area contributed by atoms with Crippen LogP contribution in [0.3, 0.4) is 0 Å². The Bertz CT molecular complexity index is 873. The zero-order valence-electron chi connectivity index (χ0n) is 17.2. The first kappa shape index (κ1) is 19.0. The monoisotopic (exact) mass is 384 g/mol. The van der Waals surface area contributed by atoms with Crippen molar-refractivity contribution in [2.75, 3.05) is 18.0 Å². The summed E-state index contributed by atoms with van der Waals surface area (Å²) in [6.07, 6.45) is 3.82. The maximum atomic E-state index is 13.4. The number of nitrogens with zero attached hydrogens (tertiary/aromatic N) is 4. The number of aromatic nitrogens is 2. The van der Waals surface area contributed by atoms with Crippen molar-refractivity contribution in [2.45, 2.75) is 58.7 Å². The minimum Gasteiger partial charge on any atom is -0.363 e. The molecule has 4 rings (SSSR count). The largest absolute Gasteiger partial charge is 0.363 e. The lowest BCUT2D eigenvalue weighted by Gasteiger charge is -2.41. The Morgan fingerprint density at radius 1 is 1.29 bits per heavy atom. The number of carbonyl (C=O) groups is 1. The molecule has 1 amide bonds. The van der Waals surface area contributed by atoms with Gasteiger partial charge in [0, 0.05) is 43.1 Å². The Morgan fingerprint density at radius 3 is 2.64 bits per heavy atom. The number of anilines is 1. The molecule has 2 aliphatic rings. The molecule has 0 N–H and O–H groups in total. The summed E-state index contributed by atoms with van der Waals surface area (Å²) in [4.78, 5) is 17.5. The quantitative estimate of drug-likeness (QED) is 0.807. The third kappa shape index (κ3) is 3.19. The van der Waals surface area contributed by atoms with E-state index in [0.717, 1.165) is 43.9 Å². The molecule has 2 aromatic rings. The second kappa shape index (κ2) is 6.90. The molecule has 3 heterocycles.